The summed E-state index contributed by atoms with van der Waals surface area (Å²) in [5, 5.41) is 12.3. The van der Waals surface area contributed by atoms with Gasteiger partial charge in [-0.2, -0.15) is 5.26 Å². The molecule has 0 saturated heterocycles. The lowest BCUT2D eigenvalue weighted by Gasteiger charge is -2.12. The fourth-order valence-corrected chi connectivity index (χ4v) is 2.24. The first-order chi connectivity index (χ1) is 11.8. The van der Waals surface area contributed by atoms with Gasteiger partial charge in [0.05, 0.1) is 5.56 Å². The van der Waals surface area contributed by atoms with Crippen molar-refractivity contribution in [1.29, 1.82) is 5.26 Å². The van der Waals surface area contributed by atoms with Gasteiger partial charge in [0, 0.05) is 24.5 Å². The van der Waals surface area contributed by atoms with Crippen LogP contribution in [0.4, 0.5) is 5.82 Å². The van der Waals surface area contributed by atoms with Crippen molar-refractivity contribution in [2.75, 3.05) is 5.32 Å². The van der Waals surface area contributed by atoms with Gasteiger partial charge in [0.15, 0.2) is 0 Å². The molecule has 5 heteroatoms. The van der Waals surface area contributed by atoms with Crippen molar-refractivity contribution in [3.05, 3.63) is 77.6 Å². The van der Waals surface area contributed by atoms with E-state index >= 15 is 0 Å². The molecule has 1 N–H and O–H groups in total. The number of aryl methyl sites for hydroxylation is 1. The Hall–Kier alpha value is -3.39. The first kappa shape index (κ1) is 15.5. The second-order valence-electron chi connectivity index (χ2n) is 5.20. The fraction of sp³-hybridized carbons (Fsp3) is 0.105. The average molecular weight is 316 g/mol. The minimum atomic E-state index is 0.459. The number of hydrogen-bond donors (Lipinski definition) is 1. The van der Waals surface area contributed by atoms with Gasteiger partial charge in [0.2, 0.25) is 5.88 Å². The second-order valence-corrected chi connectivity index (χ2v) is 5.20. The highest BCUT2D eigenvalue weighted by molar-refractivity contribution is 5.51. The molecular formula is C19H16N4O. The largest absolute Gasteiger partial charge is 0.438 e. The molecule has 0 unspecified atom stereocenters. The molecule has 0 saturated carbocycles. The Kier molecular flexibility index (Phi) is 4.68. The minimum absolute atomic E-state index is 0.459. The van der Waals surface area contributed by atoms with Gasteiger partial charge < -0.3 is 10.1 Å². The van der Waals surface area contributed by atoms with Crippen molar-refractivity contribution in [1.82, 2.24) is 9.97 Å². The third-order valence-corrected chi connectivity index (χ3v) is 3.52. The Bertz CT molecular complexity index is 886. The van der Waals surface area contributed by atoms with Crippen LogP contribution in [0.2, 0.25) is 0 Å². The van der Waals surface area contributed by atoms with E-state index < -0.39 is 0 Å². The van der Waals surface area contributed by atoms with E-state index in [-0.39, 0.29) is 0 Å². The molecular weight excluding hydrogens is 300 g/mol. The first-order valence-corrected chi connectivity index (χ1v) is 7.54. The Morgan fingerprint density at radius 3 is 2.67 bits per heavy atom. The maximum absolute atomic E-state index is 9.13. The number of benzene rings is 1. The number of hydrogen-bond acceptors (Lipinski definition) is 5. The zero-order chi connectivity index (χ0) is 16.8. The Morgan fingerprint density at radius 2 is 1.83 bits per heavy atom. The predicted molar refractivity (Wildman–Crippen MR) is 91.8 cm³/mol. The SMILES string of the molecule is Cc1ccccc1Oc1ncccc1CNc1ncccc1C#N. The van der Waals surface area contributed by atoms with Crippen LogP contribution >= 0.6 is 0 Å². The average Bonchev–Trinajstić information content (AvgIpc) is 2.63. The molecule has 0 bridgehead atoms. The molecule has 0 fully saturated rings. The van der Waals surface area contributed by atoms with E-state index in [1.54, 1.807) is 24.5 Å². The molecule has 1 aromatic carbocycles. The summed E-state index contributed by atoms with van der Waals surface area (Å²) in [7, 11) is 0. The first-order valence-electron chi connectivity index (χ1n) is 7.54. The summed E-state index contributed by atoms with van der Waals surface area (Å²) >= 11 is 0. The van der Waals surface area contributed by atoms with Gasteiger partial charge >= 0.3 is 0 Å². The van der Waals surface area contributed by atoms with Crippen molar-refractivity contribution in [3.63, 3.8) is 0 Å². The molecule has 3 rings (SSSR count). The number of nitriles is 1. The molecule has 0 aliphatic rings. The quantitative estimate of drug-likeness (QED) is 0.768. The van der Waals surface area contributed by atoms with Gasteiger partial charge in [-0.05, 0) is 36.8 Å². The van der Waals surface area contributed by atoms with Crippen molar-refractivity contribution in [2.45, 2.75) is 13.5 Å². The monoisotopic (exact) mass is 316 g/mol. The van der Waals surface area contributed by atoms with Gasteiger partial charge in [0.25, 0.3) is 0 Å². The number of ether oxygens (including phenoxy) is 1. The molecule has 0 aliphatic carbocycles. The van der Waals surface area contributed by atoms with Gasteiger partial charge in [-0.1, -0.05) is 24.3 Å². The van der Waals surface area contributed by atoms with Crippen molar-refractivity contribution in [2.24, 2.45) is 0 Å². The van der Waals surface area contributed by atoms with Crippen molar-refractivity contribution in [3.8, 4) is 17.7 Å². The highest BCUT2D eigenvalue weighted by atomic mass is 16.5. The minimum Gasteiger partial charge on any atom is -0.438 e. The van der Waals surface area contributed by atoms with E-state index in [2.05, 4.69) is 21.4 Å². The van der Waals surface area contributed by atoms with Crippen LogP contribution in [0.15, 0.2) is 60.9 Å². The van der Waals surface area contributed by atoms with Gasteiger partial charge in [0.1, 0.15) is 17.6 Å². The van der Waals surface area contributed by atoms with Crippen molar-refractivity contribution < 1.29 is 4.74 Å². The number of nitrogens with one attached hydrogen (secondary N) is 1. The number of aromatic nitrogens is 2. The molecule has 0 radical (unpaired) electrons. The van der Waals surface area contributed by atoms with E-state index in [1.165, 1.54) is 0 Å². The number of nitrogens with zero attached hydrogens (tertiary/aromatic N) is 3. The summed E-state index contributed by atoms with van der Waals surface area (Å²) in [5.41, 5.74) is 2.43. The third kappa shape index (κ3) is 3.50. The van der Waals surface area contributed by atoms with E-state index in [1.807, 2.05) is 43.3 Å². The maximum Gasteiger partial charge on any atom is 0.224 e. The predicted octanol–water partition coefficient (Wildman–Crippen LogP) is 4.06. The highest BCUT2D eigenvalue weighted by Crippen LogP contribution is 2.26. The summed E-state index contributed by atoms with van der Waals surface area (Å²) < 4.78 is 5.95. The van der Waals surface area contributed by atoms with Crippen LogP contribution in [-0.2, 0) is 6.54 Å². The Labute approximate surface area is 140 Å². The van der Waals surface area contributed by atoms with Crippen LogP contribution in [0.3, 0.4) is 0 Å². The molecule has 2 heterocycles. The number of anilines is 1. The maximum atomic E-state index is 9.13. The van der Waals surface area contributed by atoms with Crippen LogP contribution in [-0.4, -0.2) is 9.97 Å². The lowest BCUT2D eigenvalue weighted by molar-refractivity contribution is 0.453. The van der Waals surface area contributed by atoms with Crippen LogP contribution in [0, 0.1) is 18.3 Å². The molecule has 3 aromatic rings. The van der Waals surface area contributed by atoms with Gasteiger partial charge in [-0.15, -0.1) is 0 Å². The number of pyridine rings is 2. The molecule has 0 atom stereocenters. The van der Waals surface area contributed by atoms with Gasteiger partial charge in [-0.3, -0.25) is 0 Å². The van der Waals surface area contributed by atoms with E-state index in [9.17, 15) is 0 Å². The normalized spacial score (nSPS) is 10.0. The lowest BCUT2D eigenvalue weighted by atomic mass is 10.2. The molecule has 24 heavy (non-hydrogen) atoms. The standard InChI is InChI=1S/C19H16N4O/c1-14-6-2-3-9-17(14)24-19-16(8-5-11-22-19)13-23-18-15(12-20)7-4-10-21-18/h2-11H,13H2,1H3,(H,21,23). The molecule has 5 nitrogen and oxygen atoms in total. The van der Waals surface area contributed by atoms with E-state index in [4.69, 9.17) is 10.00 Å². The molecule has 2 aromatic heterocycles. The molecule has 118 valence electrons. The second kappa shape index (κ2) is 7.25. The zero-order valence-corrected chi connectivity index (χ0v) is 13.2. The summed E-state index contributed by atoms with van der Waals surface area (Å²) in [6.45, 7) is 2.45. The van der Waals surface area contributed by atoms with Crippen LogP contribution < -0.4 is 10.1 Å². The topological polar surface area (TPSA) is 70.8 Å². The van der Waals surface area contributed by atoms with E-state index in [0.29, 0.717) is 23.8 Å². The van der Waals surface area contributed by atoms with Crippen LogP contribution in [0.25, 0.3) is 0 Å². The lowest BCUT2D eigenvalue weighted by Crippen LogP contribution is -2.05. The number of rotatable bonds is 5. The summed E-state index contributed by atoms with van der Waals surface area (Å²) in [5.74, 6) is 1.85. The fourth-order valence-electron chi connectivity index (χ4n) is 2.24. The summed E-state index contributed by atoms with van der Waals surface area (Å²) in [6, 6.07) is 17.2. The highest BCUT2D eigenvalue weighted by Gasteiger charge is 2.09. The van der Waals surface area contributed by atoms with E-state index in [0.717, 1.165) is 16.9 Å². The van der Waals surface area contributed by atoms with Crippen molar-refractivity contribution >= 4 is 5.82 Å². The summed E-state index contributed by atoms with van der Waals surface area (Å²) in [4.78, 5) is 8.52. The number of para-hydroxylation sites is 1. The summed E-state index contributed by atoms with van der Waals surface area (Å²) in [6.07, 6.45) is 3.34. The zero-order valence-electron chi connectivity index (χ0n) is 13.2. The third-order valence-electron chi connectivity index (χ3n) is 3.52. The van der Waals surface area contributed by atoms with Gasteiger partial charge in [-0.25, -0.2) is 9.97 Å². The molecule has 0 amide bonds. The Morgan fingerprint density at radius 1 is 1.04 bits per heavy atom. The molecule has 0 aliphatic heterocycles. The van der Waals surface area contributed by atoms with Crippen LogP contribution in [0.5, 0.6) is 11.6 Å². The molecule has 0 spiro atoms. The Balaban J connectivity index is 1.80. The smallest absolute Gasteiger partial charge is 0.224 e. The van der Waals surface area contributed by atoms with Crippen LogP contribution in [0.1, 0.15) is 16.7 Å².